The van der Waals surface area contributed by atoms with Crippen molar-refractivity contribution in [1.29, 1.82) is 5.26 Å². The average molecular weight is 503 g/mol. The number of nitrogens with one attached hydrogen (secondary N) is 1. The van der Waals surface area contributed by atoms with E-state index in [-0.39, 0.29) is 28.6 Å². The molecule has 1 heterocycles. The number of carbonyl (C=O) groups is 1. The van der Waals surface area contributed by atoms with Crippen molar-refractivity contribution >= 4 is 21.7 Å². The molecule has 1 saturated carbocycles. The Hall–Kier alpha value is -3.87. The number of fused-ring (bicyclic) bond motifs is 2. The van der Waals surface area contributed by atoms with Crippen LogP contribution in [0.5, 0.6) is 5.75 Å². The number of amides is 2. The summed E-state index contributed by atoms with van der Waals surface area (Å²) in [5.41, 5.74) is 4.64. The molecule has 0 aromatic heterocycles. The standard InChI is InChI=1S/C27H26N4O4S/c28-15-20-13-21(32)6-9-23(20)19-5-10-25-24(14-19)27(11-1-2-12-27)17-31(25)26(33)30-16-18-3-7-22(8-4-18)36(29,34)35/h3-10,13-14,32H,1-2,11-12,16-17H2,(H,30,33)(H2,29,34,35). The van der Waals surface area contributed by atoms with Crippen molar-refractivity contribution in [2.75, 3.05) is 11.4 Å². The van der Waals surface area contributed by atoms with Crippen molar-refractivity contribution in [3.8, 4) is 22.9 Å². The van der Waals surface area contributed by atoms with E-state index in [0.717, 1.165) is 53.6 Å². The number of phenolic OH excluding ortho intramolecular Hbond substituents is 1. The minimum atomic E-state index is -3.77. The van der Waals surface area contributed by atoms with E-state index in [1.165, 1.54) is 18.2 Å². The second-order valence-electron chi connectivity index (χ2n) is 9.49. The smallest absolute Gasteiger partial charge is 0.322 e. The van der Waals surface area contributed by atoms with Crippen LogP contribution in [0, 0.1) is 11.3 Å². The lowest BCUT2D eigenvalue weighted by Crippen LogP contribution is -2.41. The average Bonchev–Trinajstić information content (AvgIpc) is 3.47. The zero-order chi connectivity index (χ0) is 25.5. The van der Waals surface area contributed by atoms with Gasteiger partial charge in [0, 0.05) is 24.2 Å². The zero-order valence-corrected chi connectivity index (χ0v) is 20.4. The van der Waals surface area contributed by atoms with Gasteiger partial charge in [-0.1, -0.05) is 31.0 Å². The molecule has 0 bridgehead atoms. The number of carbonyl (C=O) groups excluding carboxylic acids is 1. The number of benzene rings is 3. The molecule has 1 aliphatic carbocycles. The summed E-state index contributed by atoms with van der Waals surface area (Å²) in [7, 11) is -3.77. The molecule has 4 N–H and O–H groups in total. The number of nitrogens with zero attached hydrogens (tertiary/aromatic N) is 2. The maximum Gasteiger partial charge on any atom is 0.322 e. The molecule has 3 aromatic carbocycles. The maximum atomic E-state index is 13.3. The summed E-state index contributed by atoms with van der Waals surface area (Å²) in [5.74, 6) is 0.0471. The van der Waals surface area contributed by atoms with Crippen LogP contribution in [0.4, 0.5) is 10.5 Å². The third kappa shape index (κ3) is 4.30. The van der Waals surface area contributed by atoms with Gasteiger partial charge in [0.25, 0.3) is 0 Å². The molecule has 2 amide bonds. The highest BCUT2D eigenvalue weighted by Crippen LogP contribution is 2.51. The van der Waals surface area contributed by atoms with E-state index in [1.807, 2.05) is 12.1 Å². The van der Waals surface area contributed by atoms with Crippen LogP contribution in [0.2, 0.25) is 0 Å². The van der Waals surface area contributed by atoms with Crippen molar-refractivity contribution in [3.05, 3.63) is 77.4 Å². The number of nitrogens with two attached hydrogens (primary N) is 1. The van der Waals surface area contributed by atoms with Gasteiger partial charge in [-0.2, -0.15) is 5.26 Å². The molecule has 0 unspecified atom stereocenters. The van der Waals surface area contributed by atoms with Crippen LogP contribution in [0.15, 0.2) is 65.6 Å². The van der Waals surface area contributed by atoms with Crippen molar-refractivity contribution in [3.63, 3.8) is 0 Å². The fourth-order valence-corrected chi connectivity index (χ4v) is 5.96. The summed E-state index contributed by atoms with van der Waals surface area (Å²) < 4.78 is 22.9. The van der Waals surface area contributed by atoms with Gasteiger partial charge in [-0.15, -0.1) is 0 Å². The van der Waals surface area contributed by atoms with Crippen LogP contribution in [-0.2, 0) is 22.0 Å². The number of phenols is 1. The highest BCUT2D eigenvalue weighted by molar-refractivity contribution is 7.89. The first-order valence-corrected chi connectivity index (χ1v) is 13.3. The van der Waals surface area contributed by atoms with Gasteiger partial charge in [-0.25, -0.2) is 18.4 Å². The van der Waals surface area contributed by atoms with E-state index in [0.29, 0.717) is 12.1 Å². The van der Waals surface area contributed by atoms with Gasteiger partial charge in [0.2, 0.25) is 10.0 Å². The summed E-state index contributed by atoms with van der Waals surface area (Å²) in [6.07, 6.45) is 4.17. The van der Waals surface area contributed by atoms with Crippen LogP contribution in [0.3, 0.4) is 0 Å². The van der Waals surface area contributed by atoms with Crippen molar-refractivity contribution in [1.82, 2.24) is 5.32 Å². The third-order valence-electron chi connectivity index (χ3n) is 7.26. The Kier molecular flexibility index (Phi) is 5.94. The van der Waals surface area contributed by atoms with Crippen LogP contribution in [-0.4, -0.2) is 26.1 Å². The Balaban J connectivity index is 1.42. The first-order valence-electron chi connectivity index (χ1n) is 11.8. The molecule has 36 heavy (non-hydrogen) atoms. The normalized spacial score (nSPS) is 16.1. The van der Waals surface area contributed by atoms with Gasteiger partial charge < -0.3 is 10.4 Å². The number of nitriles is 1. The van der Waals surface area contributed by atoms with Crippen LogP contribution in [0.25, 0.3) is 11.1 Å². The van der Waals surface area contributed by atoms with E-state index in [2.05, 4.69) is 17.5 Å². The third-order valence-corrected chi connectivity index (χ3v) is 8.18. The number of sulfonamides is 1. The molecule has 0 atom stereocenters. The molecular weight excluding hydrogens is 476 g/mol. The molecule has 5 rings (SSSR count). The summed E-state index contributed by atoms with van der Waals surface area (Å²) >= 11 is 0. The highest BCUT2D eigenvalue weighted by atomic mass is 32.2. The second kappa shape index (κ2) is 8.97. The van der Waals surface area contributed by atoms with Crippen LogP contribution in [0.1, 0.15) is 42.4 Å². The topological polar surface area (TPSA) is 137 Å². The lowest BCUT2D eigenvalue weighted by Gasteiger charge is -2.25. The predicted octanol–water partition coefficient (Wildman–Crippen LogP) is 4.12. The van der Waals surface area contributed by atoms with E-state index >= 15 is 0 Å². The molecule has 2 aliphatic rings. The summed E-state index contributed by atoms with van der Waals surface area (Å²) in [4.78, 5) is 15.1. The first-order chi connectivity index (χ1) is 17.2. The lowest BCUT2D eigenvalue weighted by molar-refractivity contribution is 0.245. The Morgan fingerprint density at radius 1 is 1.08 bits per heavy atom. The van der Waals surface area contributed by atoms with Gasteiger partial charge >= 0.3 is 6.03 Å². The van der Waals surface area contributed by atoms with Gasteiger partial charge in [0.15, 0.2) is 0 Å². The number of hydrogen-bond donors (Lipinski definition) is 3. The minimum Gasteiger partial charge on any atom is -0.508 e. The number of hydrogen-bond acceptors (Lipinski definition) is 5. The van der Waals surface area contributed by atoms with E-state index < -0.39 is 10.0 Å². The van der Waals surface area contributed by atoms with Crippen molar-refractivity contribution < 1.29 is 18.3 Å². The molecule has 3 aromatic rings. The van der Waals surface area contributed by atoms with E-state index in [4.69, 9.17) is 5.14 Å². The number of urea groups is 1. The number of aromatic hydroxyl groups is 1. The molecule has 9 heteroatoms. The zero-order valence-electron chi connectivity index (χ0n) is 19.6. The molecule has 0 saturated heterocycles. The Morgan fingerprint density at radius 3 is 2.47 bits per heavy atom. The summed E-state index contributed by atoms with van der Waals surface area (Å²) in [5, 5.41) is 27.5. The minimum absolute atomic E-state index is 0.0261. The Bertz CT molecular complexity index is 1490. The second-order valence-corrected chi connectivity index (χ2v) is 11.1. The molecule has 184 valence electrons. The number of rotatable bonds is 4. The predicted molar refractivity (Wildman–Crippen MR) is 136 cm³/mol. The van der Waals surface area contributed by atoms with Gasteiger partial charge in [0.1, 0.15) is 5.75 Å². The molecular formula is C27H26N4O4S. The van der Waals surface area contributed by atoms with E-state index in [1.54, 1.807) is 29.2 Å². The number of anilines is 1. The summed E-state index contributed by atoms with van der Waals surface area (Å²) in [6, 6.07) is 18.8. The molecule has 1 aliphatic heterocycles. The molecule has 8 nitrogen and oxygen atoms in total. The monoisotopic (exact) mass is 502 g/mol. The Labute approximate surface area is 210 Å². The fourth-order valence-electron chi connectivity index (χ4n) is 5.44. The maximum absolute atomic E-state index is 13.3. The van der Waals surface area contributed by atoms with Crippen LogP contribution >= 0.6 is 0 Å². The fraction of sp³-hybridized carbons (Fsp3) is 0.259. The Morgan fingerprint density at radius 2 is 1.81 bits per heavy atom. The van der Waals surface area contributed by atoms with Gasteiger partial charge in [0.05, 0.1) is 16.5 Å². The summed E-state index contributed by atoms with van der Waals surface area (Å²) in [6.45, 7) is 0.836. The van der Waals surface area contributed by atoms with Crippen LogP contribution < -0.4 is 15.4 Å². The van der Waals surface area contributed by atoms with Crippen molar-refractivity contribution in [2.24, 2.45) is 5.14 Å². The highest BCUT2D eigenvalue weighted by Gasteiger charge is 2.46. The lowest BCUT2D eigenvalue weighted by atomic mass is 9.79. The molecule has 1 spiro atoms. The SMILES string of the molecule is N#Cc1cc(O)ccc1-c1ccc2c(c1)C1(CCCC1)CN2C(=O)NCc1ccc(S(N)(=O)=O)cc1. The molecule has 0 radical (unpaired) electrons. The first kappa shape index (κ1) is 23.9. The quantitative estimate of drug-likeness (QED) is 0.493. The van der Waals surface area contributed by atoms with Gasteiger partial charge in [-0.3, -0.25) is 4.90 Å². The van der Waals surface area contributed by atoms with E-state index in [9.17, 15) is 23.6 Å². The largest absolute Gasteiger partial charge is 0.508 e. The number of primary sulfonamides is 1. The van der Waals surface area contributed by atoms with Crippen molar-refractivity contribution in [2.45, 2.75) is 42.5 Å². The molecule has 1 fully saturated rings. The van der Waals surface area contributed by atoms with Gasteiger partial charge in [-0.05, 0) is 77.6 Å².